The Kier molecular flexibility index (Phi) is 3.88. The van der Waals surface area contributed by atoms with Gasteiger partial charge in [0.25, 0.3) is 0 Å². The van der Waals surface area contributed by atoms with E-state index in [1.54, 1.807) is 0 Å². The van der Waals surface area contributed by atoms with Crippen LogP contribution in [-0.2, 0) is 4.79 Å². The zero-order valence-electron chi connectivity index (χ0n) is 8.16. The second-order valence-electron chi connectivity index (χ2n) is 2.94. The summed E-state index contributed by atoms with van der Waals surface area (Å²) in [6.45, 7) is 2.01. The van der Waals surface area contributed by atoms with Gasteiger partial charge in [-0.2, -0.15) is 0 Å². The lowest BCUT2D eigenvalue weighted by molar-refractivity contribution is -0.114. The fourth-order valence-corrected chi connectivity index (χ4v) is 1.13. The molecule has 1 rings (SSSR count). The minimum atomic E-state index is -0.0649. The number of nitrogens with two attached hydrogens (primary N) is 1. The van der Waals surface area contributed by atoms with Gasteiger partial charge in [0.1, 0.15) is 0 Å². The fourth-order valence-electron chi connectivity index (χ4n) is 1.13. The maximum absolute atomic E-state index is 10.8. The van der Waals surface area contributed by atoms with Gasteiger partial charge >= 0.3 is 0 Å². The third-order valence-electron chi connectivity index (χ3n) is 1.65. The van der Waals surface area contributed by atoms with Crippen molar-refractivity contribution < 1.29 is 4.79 Å². The Hall–Kier alpha value is -1.61. The van der Waals surface area contributed by atoms with Crippen LogP contribution in [0.2, 0.25) is 0 Å². The van der Waals surface area contributed by atoms with Crippen LogP contribution in [0.15, 0.2) is 30.3 Å². The Bertz CT molecular complexity index is 345. The molecule has 0 aliphatic rings. The van der Waals surface area contributed by atoms with Crippen LogP contribution in [0.4, 0.5) is 5.69 Å². The number of amides is 1. The molecular formula is C11H14N2O. The van der Waals surface area contributed by atoms with Gasteiger partial charge in [0, 0.05) is 19.2 Å². The molecule has 1 aromatic rings. The smallest absolute Gasteiger partial charge is 0.221 e. The van der Waals surface area contributed by atoms with Crippen LogP contribution in [0.5, 0.6) is 0 Å². The summed E-state index contributed by atoms with van der Waals surface area (Å²) in [5, 5.41) is 2.72. The molecule has 14 heavy (non-hydrogen) atoms. The van der Waals surface area contributed by atoms with Crippen molar-refractivity contribution in [3.63, 3.8) is 0 Å². The molecule has 0 radical (unpaired) electrons. The highest BCUT2D eigenvalue weighted by atomic mass is 16.1. The summed E-state index contributed by atoms with van der Waals surface area (Å²) in [5.74, 6) is -0.0649. The highest BCUT2D eigenvalue weighted by Crippen LogP contribution is 2.11. The lowest BCUT2D eigenvalue weighted by Gasteiger charge is -2.02. The molecule has 3 nitrogen and oxygen atoms in total. The van der Waals surface area contributed by atoms with E-state index in [0.29, 0.717) is 6.54 Å². The summed E-state index contributed by atoms with van der Waals surface area (Å²) in [4.78, 5) is 10.8. The second kappa shape index (κ2) is 5.19. The van der Waals surface area contributed by atoms with Gasteiger partial charge in [-0.1, -0.05) is 24.3 Å². The average Bonchev–Trinajstić information content (AvgIpc) is 2.14. The highest BCUT2D eigenvalue weighted by molar-refractivity contribution is 5.88. The minimum Gasteiger partial charge on any atom is -0.327 e. The maximum Gasteiger partial charge on any atom is 0.221 e. The van der Waals surface area contributed by atoms with E-state index in [1.165, 1.54) is 6.92 Å². The van der Waals surface area contributed by atoms with Gasteiger partial charge in [0.15, 0.2) is 0 Å². The second-order valence-corrected chi connectivity index (χ2v) is 2.94. The van der Waals surface area contributed by atoms with Gasteiger partial charge in [-0.05, 0) is 17.7 Å². The van der Waals surface area contributed by atoms with Crippen molar-refractivity contribution in [2.24, 2.45) is 5.73 Å². The third-order valence-corrected chi connectivity index (χ3v) is 1.65. The summed E-state index contributed by atoms with van der Waals surface area (Å²) in [5.41, 5.74) is 7.17. The molecule has 0 unspecified atom stereocenters. The number of rotatable bonds is 3. The highest BCUT2D eigenvalue weighted by Gasteiger charge is 1.94. The minimum absolute atomic E-state index is 0.0649. The van der Waals surface area contributed by atoms with Crippen molar-refractivity contribution in [2.75, 3.05) is 11.9 Å². The fraction of sp³-hybridized carbons (Fsp3) is 0.182. The summed E-state index contributed by atoms with van der Waals surface area (Å²) >= 11 is 0. The van der Waals surface area contributed by atoms with Crippen molar-refractivity contribution >= 4 is 17.7 Å². The lowest BCUT2D eigenvalue weighted by atomic mass is 10.2. The lowest BCUT2D eigenvalue weighted by Crippen LogP contribution is -2.05. The Morgan fingerprint density at radius 2 is 2.36 bits per heavy atom. The molecule has 0 fully saturated rings. The normalized spacial score (nSPS) is 10.4. The van der Waals surface area contributed by atoms with Gasteiger partial charge in [-0.25, -0.2) is 0 Å². The van der Waals surface area contributed by atoms with Gasteiger partial charge in [-0.3, -0.25) is 4.79 Å². The van der Waals surface area contributed by atoms with E-state index in [4.69, 9.17) is 5.73 Å². The van der Waals surface area contributed by atoms with Crippen LogP contribution in [0.25, 0.3) is 6.08 Å². The van der Waals surface area contributed by atoms with Crippen molar-refractivity contribution in [1.82, 2.24) is 0 Å². The first-order valence-electron chi connectivity index (χ1n) is 4.46. The average molecular weight is 190 g/mol. The van der Waals surface area contributed by atoms with Gasteiger partial charge < -0.3 is 11.1 Å². The molecule has 0 aromatic heterocycles. The molecule has 0 saturated heterocycles. The molecule has 0 aliphatic carbocycles. The van der Waals surface area contributed by atoms with Crippen LogP contribution in [0, 0.1) is 0 Å². The zero-order chi connectivity index (χ0) is 10.4. The first-order valence-corrected chi connectivity index (χ1v) is 4.46. The number of nitrogens with one attached hydrogen (secondary N) is 1. The molecule has 0 spiro atoms. The van der Waals surface area contributed by atoms with Crippen molar-refractivity contribution in [2.45, 2.75) is 6.92 Å². The molecular weight excluding hydrogens is 176 g/mol. The largest absolute Gasteiger partial charge is 0.327 e. The van der Waals surface area contributed by atoms with Gasteiger partial charge in [0.05, 0.1) is 0 Å². The first-order chi connectivity index (χ1) is 6.72. The Morgan fingerprint density at radius 1 is 1.57 bits per heavy atom. The molecule has 74 valence electrons. The summed E-state index contributed by atoms with van der Waals surface area (Å²) in [7, 11) is 0. The number of hydrogen-bond acceptors (Lipinski definition) is 2. The molecule has 3 N–H and O–H groups in total. The molecule has 0 aliphatic heterocycles. The van der Waals surface area contributed by atoms with Crippen molar-refractivity contribution in [3.05, 3.63) is 35.9 Å². The van der Waals surface area contributed by atoms with Gasteiger partial charge in [-0.15, -0.1) is 0 Å². The number of benzene rings is 1. The van der Waals surface area contributed by atoms with Crippen LogP contribution < -0.4 is 11.1 Å². The predicted molar refractivity (Wildman–Crippen MR) is 58.8 cm³/mol. The maximum atomic E-state index is 10.8. The van der Waals surface area contributed by atoms with Crippen LogP contribution in [-0.4, -0.2) is 12.5 Å². The zero-order valence-corrected chi connectivity index (χ0v) is 8.16. The SMILES string of the molecule is CC(=O)Nc1cccc(/C=C/CN)c1. The first kappa shape index (κ1) is 10.5. The number of hydrogen-bond donors (Lipinski definition) is 2. The number of anilines is 1. The van der Waals surface area contributed by atoms with E-state index >= 15 is 0 Å². The molecule has 0 heterocycles. The van der Waals surface area contributed by atoms with Crippen molar-refractivity contribution in [1.29, 1.82) is 0 Å². The van der Waals surface area contributed by atoms with E-state index in [-0.39, 0.29) is 5.91 Å². The standard InChI is InChI=1S/C11H14N2O/c1-9(14)13-11-6-2-4-10(8-11)5-3-7-12/h2-6,8H,7,12H2,1H3,(H,13,14)/b5-3+. The number of carbonyl (C=O) groups excluding carboxylic acids is 1. The van der Waals surface area contributed by atoms with Crippen LogP contribution in [0.1, 0.15) is 12.5 Å². The van der Waals surface area contributed by atoms with E-state index in [9.17, 15) is 4.79 Å². The quantitative estimate of drug-likeness (QED) is 0.761. The molecule has 1 amide bonds. The monoisotopic (exact) mass is 190 g/mol. The Balaban J connectivity index is 2.78. The molecule has 0 saturated carbocycles. The molecule has 0 atom stereocenters. The van der Waals surface area contributed by atoms with Crippen LogP contribution in [0.3, 0.4) is 0 Å². The topological polar surface area (TPSA) is 55.1 Å². The Labute approximate surface area is 83.6 Å². The third kappa shape index (κ3) is 3.41. The van der Waals surface area contributed by atoms with E-state index < -0.39 is 0 Å². The Morgan fingerprint density at radius 3 is 3.00 bits per heavy atom. The molecule has 0 bridgehead atoms. The van der Waals surface area contributed by atoms with Gasteiger partial charge in [0.2, 0.25) is 5.91 Å². The summed E-state index contributed by atoms with van der Waals surface area (Å²) < 4.78 is 0. The van der Waals surface area contributed by atoms with Crippen molar-refractivity contribution in [3.8, 4) is 0 Å². The number of carbonyl (C=O) groups is 1. The van der Waals surface area contributed by atoms with E-state index in [2.05, 4.69) is 5.32 Å². The summed E-state index contributed by atoms with van der Waals surface area (Å²) in [6, 6.07) is 7.59. The molecule has 3 heteroatoms. The summed E-state index contributed by atoms with van der Waals surface area (Å²) in [6.07, 6.45) is 3.79. The van der Waals surface area contributed by atoms with E-state index in [0.717, 1.165) is 11.3 Å². The predicted octanol–water partition coefficient (Wildman–Crippen LogP) is 1.62. The van der Waals surface area contributed by atoms with E-state index in [1.807, 2.05) is 36.4 Å². The molecule has 1 aromatic carbocycles. The van der Waals surface area contributed by atoms with Crippen LogP contribution >= 0.6 is 0 Å².